The van der Waals surface area contributed by atoms with Crippen molar-refractivity contribution in [3.8, 4) is 0 Å². The molecule has 0 radical (unpaired) electrons. The summed E-state index contributed by atoms with van der Waals surface area (Å²) >= 11 is 0. The van der Waals surface area contributed by atoms with Gasteiger partial charge in [0.1, 0.15) is 0 Å². The molecule has 1 heterocycles. The van der Waals surface area contributed by atoms with E-state index in [1.807, 2.05) is 17.9 Å². The average Bonchev–Trinajstić information content (AvgIpc) is 2.61. The summed E-state index contributed by atoms with van der Waals surface area (Å²) in [5, 5.41) is 18.0. The van der Waals surface area contributed by atoms with Gasteiger partial charge in [-0.1, -0.05) is 19.3 Å². The minimum atomic E-state index is -0.246. The summed E-state index contributed by atoms with van der Waals surface area (Å²) in [6, 6.07) is 0.465. The Morgan fingerprint density at radius 1 is 1.39 bits per heavy atom. The Balaban J connectivity index is 2.24. The third-order valence-electron chi connectivity index (χ3n) is 4.24. The van der Waals surface area contributed by atoms with E-state index in [1.165, 1.54) is 24.1 Å². The van der Waals surface area contributed by atoms with Crippen molar-refractivity contribution in [2.24, 2.45) is 0 Å². The quantitative estimate of drug-likeness (QED) is 0.811. The molecule has 3 atom stereocenters. The monoisotopic (exact) mass is 251 g/mol. The van der Waals surface area contributed by atoms with E-state index in [-0.39, 0.29) is 12.1 Å². The summed E-state index contributed by atoms with van der Waals surface area (Å²) in [6.45, 7) is 4.24. The first-order valence-electron chi connectivity index (χ1n) is 7.04. The first-order valence-corrected chi connectivity index (χ1v) is 7.04. The molecule has 0 amide bonds. The van der Waals surface area contributed by atoms with Gasteiger partial charge in [0.15, 0.2) is 0 Å². The van der Waals surface area contributed by atoms with Crippen LogP contribution in [0.15, 0.2) is 6.20 Å². The number of aliphatic hydroxyl groups excluding tert-OH is 1. The van der Waals surface area contributed by atoms with Crippen LogP contribution >= 0.6 is 0 Å². The molecule has 1 aliphatic rings. The van der Waals surface area contributed by atoms with Crippen molar-refractivity contribution >= 4 is 0 Å². The van der Waals surface area contributed by atoms with E-state index in [1.54, 1.807) is 0 Å². The second-order valence-electron chi connectivity index (χ2n) is 5.41. The molecule has 18 heavy (non-hydrogen) atoms. The van der Waals surface area contributed by atoms with Crippen molar-refractivity contribution < 1.29 is 5.11 Å². The Labute approximate surface area is 109 Å². The van der Waals surface area contributed by atoms with E-state index in [4.69, 9.17) is 0 Å². The van der Waals surface area contributed by atoms with Gasteiger partial charge in [-0.2, -0.15) is 5.10 Å². The predicted octanol–water partition coefficient (Wildman–Crippen LogP) is 2.34. The van der Waals surface area contributed by atoms with Gasteiger partial charge < -0.3 is 10.4 Å². The average molecular weight is 251 g/mol. The number of rotatable bonds is 3. The highest BCUT2D eigenvalue weighted by Gasteiger charge is 2.26. The highest BCUT2D eigenvalue weighted by Crippen LogP contribution is 2.29. The summed E-state index contributed by atoms with van der Waals surface area (Å²) in [7, 11) is 1.96. The zero-order chi connectivity index (χ0) is 13.1. The van der Waals surface area contributed by atoms with Crippen LogP contribution in [0.25, 0.3) is 0 Å². The number of nitrogens with zero attached hydrogens (tertiary/aromatic N) is 2. The molecule has 1 aromatic rings. The molecule has 0 saturated heterocycles. The molecule has 4 heteroatoms. The van der Waals surface area contributed by atoms with Crippen LogP contribution in [-0.4, -0.2) is 28.0 Å². The number of hydrogen-bond donors (Lipinski definition) is 2. The van der Waals surface area contributed by atoms with Crippen LogP contribution in [-0.2, 0) is 0 Å². The van der Waals surface area contributed by atoms with Crippen molar-refractivity contribution in [3.63, 3.8) is 0 Å². The maximum absolute atomic E-state index is 10.3. The van der Waals surface area contributed by atoms with Crippen molar-refractivity contribution in [1.82, 2.24) is 15.1 Å². The van der Waals surface area contributed by atoms with Gasteiger partial charge in [-0.05, 0) is 33.7 Å². The number of aromatic nitrogens is 2. The number of aliphatic hydroxyl groups is 1. The zero-order valence-electron chi connectivity index (χ0n) is 11.7. The molecular formula is C14H25N3O. The van der Waals surface area contributed by atoms with Crippen molar-refractivity contribution in [2.45, 2.75) is 64.1 Å². The Morgan fingerprint density at radius 3 is 2.83 bits per heavy atom. The van der Waals surface area contributed by atoms with Gasteiger partial charge in [-0.15, -0.1) is 0 Å². The van der Waals surface area contributed by atoms with Crippen molar-refractivity contribution in [2.75, 3.05) is 7.05 Å². The summed E-state index contributed by atoms with van der Waals surface area (Å²) < 4.78 is 2.04. The van der Waals surface area contributed by atoms with Crippen LogP contribution in [0.5, 0.6) is 0 Å². The molecule has 0 spiro atoms. The minimum Gasteiger partial charge on any atom is -0.391 e. The molecule has 0 aliphatic heterocycles. The molecule has 4 nitrogen and oxygen atoms in total. The van der Waals surface area contributed by atoms with Crippen LogP contribution < -0.4 is 5.32 Å². The highest BCUT2D eigenvalue weighted by atomic mass is 16.3. The largest absolute Gasteiger partial charge is 0.391 e. The first-order chi connectivity index (χ1) is 8.65. The molecule has 0 bridgehead atoms. The molecule has 2 rings (SSSR count). The molecule has 0 aromatic carbocycles. The molecule has 1 aliphatic carbocycles. The summed E-state index contributed by atoms with van der Waals surface area (Å²) in [5.41, 5.74) is 2.41. The molecule has 1 saturated carbocycles. The van der Waals surface area contributed by atoms with Gasteiger partial charge in [0.25, 0.3) is 0 Å². The minimum absolute atomic E-state index is 0.158. The van der Waals surface area contributed by atoms with Gasteiger partial charge in [0, 0.05) is 17.3 Å². The fraction of sp³-hybridized carbons (Fsp3) is 0.786. The fourth-order valence-corrected chi connectivity index (χ4v) is 2.91. The Kier molecular flexibility index (Phi) is 4.40. The summed E-state index contributed by atoms with van der Waals surface area (Å²) in [4.78, 5) is 0. The summed E-state index contributed by atoms with van der Waals surface area (Å²) in [5.74, 6) is 0. The van der Waals surface area contributed by atoms with Gasteiger partial charge >= 0.3 is 0 Å². The van der Waals surface area contributed by atoms with Gasteiger partial charge in [-0.3, -0.25) is 4.68 Å². The van der Waals surface area contributed by atoms with E-state index in [2.05, 4.69) is 24.3 Å². The Bertz CT molecular complexity index is 388. The maximum Gasteiger partial charge on any atom is 0.0781 e. The smallest absolute Gasteiger partial charge is 0.0781 e. The van der Waals surface area contributed by atoms with E-state index >= 15 is 0 Å². The van der Waals surface area contributed by atoms with Crippen LogP contribution in [0.3, 0.4) is 0 Å². The lowest BCUT2D eigenvalue weighted by Crippen LogP contribution is -2.25. The van der Waals surface area contributed by atoms with E-state index < -0.39 is 0 Å². The van der Waals surface area contributed by atoms with Crippen LogP contribution in [0.4, 0.5) is 0 Å². The van der Waals surface area contributed by atoms with Crippen LogP contribution in [0, 0.1) is 6.92 Å². The molecule has 1 fully saturated rings. The second kappa shape index (κ2) is 5.85. The van der Waals surface area contributed by atoms with E-state index in [0.29, 0.717) is 6.04 Å². The lowest BCUT2D eigenvalue weighted by Gasteiger charge is -2.23. The topological polar surface area (TPSA) is 50.1 Å². The first kappa shape index (κ1) is 13.6. The third-order valence-corrected chi connectivity index (χ3v) is 4.24. The van der Waals surface area contributed by atoms with Gasteiger partial charge in [-0.25, -0.2) is 0 Å². The molecule has 2 N–H and O–H groups in total. The fourth-order valence-electron chi connectivity index (χ4n) is 2.91. The molecule has 102 valence electrons. The molecule has 3 unspecified atom stereocenters. The lowest BCUT2D eigenvalue weighted by atomic mass is 10.1. The lowest BCUT2D eigenvalue weighted by molar-refractivity contribution is 0.0978. The zero-order valence-corrected chi connectivity index (χ0v) is 11.7. The SMILES string of the molecule is CNC(C)c1cnn(C2CCCCCC2O)c1C. The number of hydrogen-bond acceptors (Lipinski definition) is 3. The second-order valence-corrected chi connectivity index (χ2v) is 5.41. The third kappa shape index (κ3) is 2.59. The Hall–Kier alpha value is -0.870. The molecule has 1 aromatic heterocycles. The van der Waals surface area contributed by atoms with E-state index in [0.717, 1.165) is 19.3 Å². The van der Waals surface area contributed by atoms with Crippen molar-refractivity contribution in [3.05, 3.63) is 17.5 Å². The van der Waals surface area contributed by atoms with Crippen molar-refractivity contribution in [1.29, 1.82) is 0 Å². The number of nitrogens with one attached hydrogen (secondary N) is 1. The van der Waals surface area contributed by atoms with Crippen LogP contribution in [0.2, 0.25) is 0 Å². The van der Waals surface area contributed by atoms with E-state index in [9.17, 15) is 5.11 Å². The Morgan fingerprint density at radius 2 is 2.11 bits per heavy atom. The summed E-state index contributed by atoms with van der Waals surface area (Å²) in [6.07, 6.45) is 7.19. The van der Waals surface area contributed by atoms with Gasteiger partial charge in [0.2, 0.25) is 0 Å². The predicted molar refractivity (Wildman–Crippen MR) is 72.6 cm³/mol. The van der Waals surface area contributed by atoms with Crippen LogP contribution in [0.1, 0.15) is 62.4 Å². The maximum atomic E-state index is 10.3. The standard InChI is InChI=1S/C14H25N3O/c1-10(15-3)12-9-16-17(11(12)2)13-7-5-4-6-8-14(13)18/h9-10,13-15,18H,4-8H2,1-3H3. The molecular weight excluding hydrogens is 226 g/mol. The normalized spacial score (nSPS) is 26.9. The van der Waals surface area contributed by atoms with Gasteiger partial charge in [0.05, 0.1) is 18.3 Å². The highest BCUT2D eigenvalue weighted by molar-refractivity contribution is 5.20.